The molecule has 0 heterocycles. The Balaban J connectivity index is 2.29. The molecule has 0 aliphatic heterocycles. The van der Waals surface area contributed by atoms with Crippen LogP contribution in [-0.2, 0) is 9.53 Å². The van der Waals surface area contributed by atoms with Gasteiger partial charge in [0.2, 0.25) is 0 Å². The summed E-state index contributed by atoms with van der Waals surface area (Å²) in [4.78, 5) is 11.1. The van der Waals surface area contributed by atoms with Crippen molar-refractivity contribution in [1.29, 1.82) is 0 Å². The van der Waals surface area contributed by atoms with E-state index < -0.39 is 0 Å². The second-order valence-corrected chi connectivity index (χ2v) is 4.66. The molecule has 0 aromatic carbocycles. The van der Waals surface area contributed by atoms with Gasteiger partial charge in [0.25, 0.3) is 0 Å². The number of rotatable bonds is 7. The minimum atomic E-state index is 0.305. The van der Waals surface area contributed by atoms with Crippen LogP contribution in [0.4, 0.5) is 0 Å². The van der Waals surface area contributed by atoms with Crippen molar-refractivity contribution in [1.82, 2.24) is 0 Å². The van der Waals surface area contributed by atoms with Crippen molar-refractivity contribution in [2.24, 2.45) is 0 Å². The van der Waals surface area contributed by atoms with E-state index in [1.54, 1.807) is 0 Å². The third kappa shape index (κ3) is 4.93. The minimum Gasteiger partial charge on any atom is -0.375 e. The van der Waals surface area contributed by atoms with Gasteiger partial charge in [-0.25, -0.2) is 0 Å². The van der Waals surface area contributed by atoms with Crippen LogP contribution in [0, 0.1) is 0 Å². The zero-order valence-electron chi connectivity index (χ0n) is 10.4. The molecule has 92 valence electrons. The molecule has 1 saturated carbocycles. The van der Waals surface area contributed by atoms with Crippen LogP contribution >= 0.6 is 0 Å². The molecule has 1 unspecified atom stereocenters. The molecule has 0 aromatic heterocycles. The summed E-state index contributed by atoms with van der Waals surface area (Å²) in [6.45, 7) is 5.98. The number of hydrogen-bond acceptors (Lipinski definition) is 2. The van der Waals surface area contributed by atoms with Crippen LogP contribution in [-0.4, -0.2) is 18.0 Å². The lowest BCUT2D eigenvalue weighted by Crippen LogP contribution is -2.26. The lowest BCUT2D eigenvalue weighted by molar-refractivity contribution is -0.124. The average molecular weight is 224 g/mol. The van der Waals surface area contributed by atoms with Gasteiger partial charge in [-0.05, 0) is 25.7 Å². The van der Waals surface area contributed by atoms with E-state index in [1.165, 1.54) is 12.8 Å². The van der Waals surface area contributed by atoms with Crippen molar-refractivity contribution >= 4 is 5.78 Å². The maximum atomic E-state index is 11.1. The first-order chi connectivity index (χ1) is 7.76. The van der Waals surface area contributed by atoms with Gasteiger partial charge in [0.1, 0.15) is 5.78 Å². The summed E-state index contributed by atoms with van der Waals surface area (Å²) in [5.41, 5.74) is 0. The van der Waals surface area contributed by atoms with Crippen molar-refractivity contribution in [2.45, 2.75) is 70.5 Å². The number of hydrogen-bond donors (Lipinski definition) is 0. The molecule has 16 heavy (non-hydrogen) atoms. The van der Waals surface area contributed by atoms with E-state index in [2.05, 4.69) is 13.5 Å². The number of carbonyl (C=O) groups is 1. The SMILES string of the molecule is C=CCC(CCCC)OC1CCC(=O)CC1. The van der Waals surface area contributed by atoms with E-state index in [9.17, 15) is 4.79 Å². The highest BCUT2D eigenvalue weighted by Crippen LogP contribution is 2.22. The number of Topliss-reactive ketones (excluding diaryl/α,β-unsaturated/α-hetero) is 1. The van der Waals surface area contributed by atoms with Crippen molar-refractivity contribution in [2.75, 3.05) is 0 Å². The lowest BCUT2D eigenvalue weighted by atomic mass is 9.96. The molecule has 2 nitrogen and oxygen atoms in total. The van der Waals surface area contributed by atoms with E-state index in [4.69, 9.17) is 4.74 Å². The standard InChI is InChI=1S/C14H24O2/c1-3-5-7-13(6-4-2)16-14-10-8-12(15)9-11-14/h4,13-14H,2-3,5-11H2,1H3. The summed E-state index contributed by atoms with van der Waals surface area (Å²) in [5.74, 6) is 0.397. The Morgan fingerprint density at radius 2 is 2.19 bits per heavy atom. The van der Waals surface area contributed by atoms with Crippen LogP contribution in [0.1, 0.15) is 58.3 Å². The van der Waals surface area contributed by atoms with Crippen LogP contribution < -0.4 is 0 Å². The van der Waals surface area contributed by atoms with Crippen molar-refractivity contribution in [3.63, 3.8) is 0 Å². The molecule has 1 rings (SSSR count). The molecule has 1 aliphatic rings. The maximum Gasteiger partial charge on any atom is 0.133 e. The Kier molecular flexibility index (Phi) is 6.39. The van der Waals surface area contributed by atoms with Crippen LogP contribution in [0.3, 0.4) is 0 Å². The Labute approximate surface area is 99.1 Å². The first-order valence-electron chi connectivity index (χ1n) is 6.54. The molecule has 0 spiro atoms. The molecule has 0 radical (unpaired) electrons. The monoisotopic (exact) mass is 224 g/mol. The lowest BCUT2D eigenvalue weighted by Gasteiger charge is -2.26. The van der Waals surface area contributed by atoms with Gasteiger partial charge >= 0.3 is 0 Å². The predicted molar refractivity (Wildman–Crippen MR) is 66.5 cm³/mol. The third-order valence-corrected chi connectivity index (χ3v) is 3.18. The average Bonchev–Trinajstić information content (AvgIpc) is 2.29. The van der Waals surface area contributed by atoms with Crippen LogP contribution in [0.2, 0.25) is 0 Å². The third-order valence-electron chi connectivity index (χ3n) is 3.18. The molecular formula is C14H24O2. The largest absolute Gasteiger partial charge is 0.375 e. The minimum absolute atomic E-state index is 0.305. The second kappa shape index (κ2) is 7.61. The van der Waals surface area contributed by atoms with E-state index in [0.29, 0.717) is 30.8 Å². The predicted octanol–water partition coefficient (Wildman–Crippen LogP) is 3.65. The van der Waals surface area contributed by atoms with Gasteiger partial charge in [0.05, 0.1) is 12.2 Å². The Morgan fingerprint density at radius 3 is 2.75 bits per heavy atom. The number of carbonyl (C=O) groups excluding carboxylic acids is 1. The molecule has 0 saturated heterocycles. The Morgan fingerprint density at radius 1 is 1.50 bits per heavy atom. The number of ether oxygens (including phenoxy) is 1. The molecule has 1 fully saturated rings. The fourth-order valence-corrected chi connectivity index (χ4v) is 2.18. The van der Waals surface area contributed by atoms with E-state index in [-0.39, 0.29) is 0 Å². The highest BCUT2D eigenvalue weighted by Gasteiger charge is 2.21. The first kappa shape index (κ1) is 13.4. The van der Waals surface area contributed by atoms with E-state index in [1.807, 2.05) is 6.08 Å². The van der Waals surface area contributed by atoms with Gasteiger partial charge in [0.15, 0.2) is 0 Å². The maximum absolute atomic E-state index is 11.1. The molecular weight excluding hydrogens is 200 g/mol. The molecule has 0 amide bonds. The summed E-state index contributed by atoms with van der Waals surface area (Å²) < 4.78 is 6.06. The molecule has 0 N–H and O–H groups in total. The first-order valence-corrected chi connectivity index (χ1v) is 6.54. The fourth-order valence-electron chi connectivity index (χ4n) is 2.18. The van der Waals surface area contributed by atoms with Gasteiger partial charge in [-0.15, -0.1) is 6.58 Å². The highest BCUT2D eigenvalue weighted by molar-refractivity contribution is 5.79. The number of ketones is 1. The summed E-state index contributed by atoms with van der Waals surface area (Å²) >= 11 is 0. The topological polar surface area (TPSA) is 26.3 Å². The summed E-state index contributed by atoms with van der Waals surface area (Å²) in [5, 5.41) is 0. The van der Waals surface area contributed by atoms with E-state index >= 15 is 0 Å². The van der Waals surface area contributed by atoms with Crippen molar-refractivity contribution in [3.05, 3.63) is 12.7 Å². The summed E-state index contributed by atoms with van der Waals surface area (Å²) in [6, 6.07) is 0. The molecule has 2 heteroatoms. The smallest absolute Gasteiger partial charge is 0.133 e. The van der Waals surface area contributed by atoms with Crippen LogP contribution in [0.5, 0.6) is 0 Å². The van der Waals surface area contributed by atoms with Gasteiger partial charge < -0.3 is 4.74 Å². The number of unbranched alkanes of at least 4 members (excludes halogenated alkanes) is 1. The highest BCUT2D eigenvalue weighted by atomic mass is 16.5. The van der Waals surface area contributed by atoms with Crippen LogP contribution in [0.25, 0.3) is 0 Å². The van der Waals surface area contributed by atoms with E-state index in [0.717, 1.165) is 25.7 Å². The van der Waals surface area contributed by atoms with Gasteiger partial charge in [-0.2, -0.15) is 0 Å². The van der Waals surface area contributed by atoms with Gasteiger partial charge in [-0.3, -0.25) is 4.79 Å². The Hall–Kier alpha value is -0.630. The summed E-state index contributed by atoms with van der Waals surface area (Å²) in [6.07, 6.45) is 10.3. The molecule has 1 aliphatic carbocycles. The second-order valence-electron chi connectivity index (χ2n) is 4.66. The zero-order valence-corrected chi connectivity index (χ0v) is 10.4. The zero-order chi connectivity index (χ0) is 11.8. The molecule has 0 aromatic rings. The van der Waals surface area contributed by atoms with Crippen LogP contribution in [0.15, 0.2) is 12.7 Å². The Bertz CT molecular complexity index is 213. The quantitative estimate of drug-likeness (QED) is 0.617. The normalized spacial score (nSPS) is 19.7. The van der Waals surface area contributed by atoms with Gasteiger partial charge in [0, 0.05) is 12.8 Å². The van der Waals surface area contributed by atoms with Gasteiger partial charge in [-0.1, -0.05) is 25.8 Å². The summed E-state index contributed by atoms with van der Waals surface area (Å²) in [7, 11) is 0. The molecule has 0 bridgehead atoms. The molecule has 1 atom stereocenters. The fraction of sp³-hybridized carbons (Fsp3) is 0.786. The van der Waals surface area contributed by atoms with Crippen molar-refractivity contribution < 1.29 is 9.53 Å². The van der Waals surface area contributed by atoms with Crippen molar-refractivity contribution in [3.8, 4) is 0 Å².